The molecule has 2 rings (SSSR count). The van der Waals surface area contributed by atoms with E-state index in [1.807, 2.05) is 7.05 Å². The monoisotopic (exact) mass is 326 g/mol. The molecular formula is C17H34N4S. The molecule has 0 aromatic carbocycles. The highest BCUT2D eigenvalue weighted by Crippen LogP contribution is 2.36. The zero-order valence-electron chi connectivity index (χ0n) is 14.8. The standard InChI is InChI=1S/C17H34N4S/c1-14(2)21-9-5-7-15(12-21)11-19-16(18-4)20-13-17(3)8-6-10-22-17/h14-15H,5-13H2,1-4H3,(H2,18,19,20). The third-order valence-corrected chi connectivity index (χ3v) is 6.53. The fraction of sp³-hybridized carbons (Fsp3) is 0.941. The molecule has 128 valence electrons. The van der Waals surface area contributed by atoms with Crippen molar-refractivity contribution in [3.8, 4) is 0 Å². The molecule has 2 atom stereocenters. The second kappa shape index (κ2) is 8.44. The fourth-order valence-corrected chi connectivity index (χ4v) is 4.69. The van der Waals surface area contributed by atoms with Gasteiger partial charge in [-0.25, -0.2) is 0 Å². The highest BCUT2D eigenvalue weighted by molar-refractivity contribution is 8.00. The summed E-state index contributed by atoms with van der Waals surface area (Å²) in [6, 6.07) is 0.666. The Bertz CT molecular complexity index is 364. The molecule has 22 heavy (non-hydrogen) atoms. The lowest BCUT2D eigenvalue weighted by Crippen LogP contribution is -2.48. The van der Waals surface area contributed by atoms with Gasteiger partial charge in [0.15, 0.2) is 5.96 Å². The summed E-state index contributed by atoms with van der Waals surface area (Å²) in [6.07, 6.45) is 5.32. The van der Waals surface area contributed by atoms with Crippen LogP contribution in [0.2, 0.25) is 0 Å². The number of rotatable bonds is 5. The Kier molecular flexibility index (Phi) is 6.87. The average molecular weight is 327 g/mol. The van der Waals surface area contributed by atoms with Crippen molar-refractivity contribution in [2.75, 3.05) is 39.0 Å². The number of nitrogens with zero attached hydrogens (tertiary/aromatic N) is 2. The van der Waals surface area contributed by atoms with Crippen LogP contribution in [-0.2, 0) is 0 Å². The average Bonchev–Trinajstić information content (AvgIpc) is 2.95. The number of likely N-dealkylation sites (tertiary alicyclic amines) is 1. The van der Waals surface area contributed by atoms with Gasteiger partial charge in [-0.05, 0) is 64.7 Å². The van der Waals surface area contributed by atoms with Crippen molar-refractivity contribution in [3.05, 3.63) is 0 Å². The third-order valence-electron chi connectivity index (χ3n) is 4.99. The van der Waals surface area contributed by atoms with Crippen molar-refractivity contribution in [2.45, 2.75) is 57.2 Å². The molecule has 0 amide bonds. The predicted molar refractivity (Wildman–Crippen MR) is 98.9 cm³/mol. The van der Waals surface area contributed by atoms with Gasteiger partial charge in [0.05, 0.1) is 0 Å². The van der Waals surface area contributed by atoms with E-state index in [0.29, 0.717) is 10.8 Å². The van der Waals surface area contributed by atoms with E-state index in [0.717, 1.165) is 25.0 Å². The van der Waals surface area contributed by atoms with Gasteiger partial charge in [-0.3, -0.25) is 4.99 Å². The summed E-state index contributed by atoms with van der Waals surface area (Å²) >= 11 is 2.09. The normalized spacial score (nSPS) is 30.8. The second-order valence-corrected chi connectivity index (χ2v) is 8.99. The van der Waals surface area contributed by atoms with Gasteiger partial charge in [-0.2, -0.15) is 11.8 Å². The van der Waals surface area contributed by atoms with E-state index in [4.69, 9.17) is 0 Å². The smallest absolute Gasteiger partial charge is 0.191 e. The van der Waals surface area contributed by atoms with Gasteiger partial charge >= 0.3 is 0 Å². The molecule has 0 spiro atoms. The molecule has 2 aliphatic rings. The molecule has 2 saturated heterocycles. The SMILES string of the molecule is CN=C(NCC1CCCN(C(C)C)C1)NCC1(C)CCCS1. The molecule has 0 aliphatic carbocycles. The van der Waals surface area contributed by atoms with Crippen LogP contribution in [0.25, 0.3) is 0 Å². The van der Waals surface area contributed by atoms with E-state index in [1.165, 1.54) is 44.5 Å². The fourth-order valence-electron chi connectivity index (χ4n) is 3.44. The molecule has 0 aromatic rings. The molecule has 5 heteroatoms. The van der Waals surface area contributed by atoms with Crippen LogP contribution in [0, 0.1) is 5.92 Å². The summed E-state index contributed by atoms with van der Waals surface area (Å²) in [6.45, 7) is 11.5. The van der Waals surface area contributed by atoms with Crippen LogP contribution in [0.1, 0.15) is 46.5 Å². The first-order chi connectivity index (χ1) is 10.5. The summed E-state index contributed by atoms with van der Waals surface area (Å²) in [5.74, 6) is 3.01. The van der Waals surface area contributed by atoms with Gasteiger partial charge in [0, 0.05) is 37.5 Å². The highest BCUT2D eigenvalue weighted by Gasteiger charge is 2.29. The molecule has 2 unspecified atom stereocenters. The Balaban J connectivity index is 1.72. The molecular weight excluding hydrogens is 292 g/mol. The zero-order chi connectivity index (χ0) is 16.0. The molecule has 2 N–H and O–H groups in total. The maximum atomic E-state index is 4.39. The van der Waals surface area contributed by atoms with Crippen molar-refractivity contribution in [3.63, 3.8) is 0 Å². The maximum absolute atomic E-state index is 4.39. The maximum Gasteiger partial charge on any atom is 0.191 e. The van der Waals surface area contributed by atoms with Gasteiger partial charge in [0.25, 0.3) is 0 Å². The van der Waals surface area contributed by atoms with E-state index in [-0.39, 0.29) is 0 Å². The van der Waals surface area contributed by atoms with Crippen LogP contribution < -0.4 is 10.6 Å². The Morgan fingerprint density at radius 1 is 1.36 bits per heavy atom. The molecule has 2 aliphatic heterocycles. The molecule has 4 nitrogen and oxygen atoms in total. The van der Waals surface area contributed by atoms with Crippen LogP contribution in [0.5, 0.6) is 0 Å². The quantitative estimate of drug-likeness (QED) is 0.602. The number of aliphatic imine (C=N–C) groups is 1. The van der Waals surface area contributed by atoms with Crippen molar-refractivity contribution in [2.24, 2.45) is 10.9 Å². The number of guanidine groups is 1. The highest BCUT2D eigenvalue weighted by atomic mass is 32.2. The van der Waals surface area contributed by atoms with Crippen LogP contribution in [0.3, 0.4) is 0 Å². The topological polar surface area (TPSA) is 39.7 Å². The van der Waals surface area contributed by atoms with E-state index in [1.54, 1.807) is 0 Å². The van der Waals surface area contributed by atoms with Gasteiger partial charge in [-0.1, -0.05) is 0 Å². The lowest BCUT2D eigenvalue weighted by atomic mass is 9.97. The molecule has 0 bridgehead atoms. The first kappa shape index (κ1) is 17.9. The first-order valence-corrected chi connectivity index (χ1v) is 9.83. The van der Waals surface area contributed by atoms with E-state index >= 15 is 0 Å². The number of thioether (sulfide) groups is 1. The van der Waals surface area contributed by atoms with Gasteiger partial charge in [-0.15, -0.1) is 0 Å². The largest absolute Gasteiger partial charge is 0.356 e. The lowest BCUT2D eigenvalue weighted by molar-refractivity contribution is 0.141. The Labute approximate surface area is 140 Å². The minimum Gasteiger partial charge on any atom is -0.356 e. The van der Waals surface area contributed by atoms with Crippen molar-refractivity contribution < 1.29 is 0 Å². The molecule has 0 aromatic heterocycles. The first-order valence-electron chi connectivity index (χ1n) is 8.85. The third kappa shape index (κ3) is 5.34. The molecule has 0 saturated carbocycles. The van der Waals surface area contributed by atoms with E-state index < -0.39 is 0 Å². The van der Waals surface area contributed by atoms with Gasteiger partial charge < -0.3 is 15.5 Å². The van der Waals surface area contributed by atoms with Crippen molar-refractivity contribution >= 4 is 17.7 Å². The summed E-state index contributed by atoms with van der Waals surface area (Å²) in [5.41, 5.74) is 0. The Morgan fingerprint density at radius 2 is 2.18 bits per heavy atom. The van der Waals surface area contributed by atoms with Crippen LogP contribution in [0.15, 0.2) is 4.99 Å². The Morgan fingerprint density at radius 3 is 2.82 bits per heavy atom. The lowest BCUT2D eigenvalue weighted by Gasteiger charge is -2.35. The minimum absolute atomic E-state index is 0.386. The van der Waals surface area contributed by atoms with E-state index in [9.17, 15) is 0 Å². The summed E-state index contributed by atoms with van der Waals surface area (Å²) in [4.78, 5) is 6.99. The predicted octanol–water partition coefficient (Wildman–Crippen LogP) is 2.56. The van der Waals surface area contributed by atoms with Crippen LogP contribution >= 0.6 is 11.8 Å². The zero-order valence-corrected chi connectivity index (χ0v) is 15.6. The summed E-state index contributed by atoms with van der Waals surface area (Å²) in [5, 5.41) is 7.07. The molecule has 0 radical (unpaired) electrons. The minimum atomic E-state index is 0.386. The van der Waals surface area contributed by atoms with Crippen LogP contribution in [0.4, 0.5) is 0 Å². The number of hydrogen-bond donors (Lipinski definition) is 2. The second-order valence-electron chi connectivity index (χ2n) is 7.31. The van der Waals surface area contributed by atoms with Gasteiger partial charge in [0.2, 0.25) is 0 Å². The van der Waals surface area contributed by atoms with Gasteiger partial charge in [0.1, 0.15) is 0 Å². The van der Waals surface area contributed by atoms with Crippen molar-refractivity contribution in [1.29, 1.82) is 0 Å². The van der Waals surface area contributed by atoms with E-state index in [2.05, 4.69) is 53.1 Å². The molecule has 2 fully saturated rings. The Hall–Kier alpha value is -0.420. The van der Waals surface area contributed by atoms with Crippen molar-refractivity contribution in [1.82, 2.24) is 15.5 Å². The number of piperidine rings is 1. The van der Waals surface area contributed by atoms with Crippen LogP contribution in [-0.4, -0.2) is 60.6 Å². The number of hydrogen-bond acceptors (Lipinski definition) is 3. The number of nitrogens with one attached hydrogen (secondary N) is 2. The molecule has 2 heterocycles. The summed E-state index contributed by atoms with van der Waals surface area (Å²) < 4.78 is 0.386. The summed E-state index contributed by atoms with van der Waals surface area (Å²) in [7, 11) is 1.88.